The van der Waals surface area contributed by atoms with Gasteiger partial charge in [-0.25, -0.2) is 0 Å². The Kier molecular flexibility index (Phi) is 6.90. The maximum Gasteiger partial charge on any atom is 0.192 e. The summed E-state index contributed by atoms with van der Waals surface area (Å²) in [5.41, 5.74) is -0.416. The molecule has 0 radical (unpaired) electrons. The van der Waals surface area contributed by atoms with Crippen molar-refractivity contribution in [2.45, 2.75) is 95.3 Å². The van der Waals surface area contributed by atoms with E-state index in [0.29, 0.717) is 6.61 Å². The van der Waals surface area contributed by atoms with Crippen LogP contribution in [0.3, 0.4) is 0 Å². The van der Waals surface area contributed by atoms with Crippen LogP contribution in [0.15, 0.2) is 43.0 Å². The molecule has 31 heavy (non-hydrogen) atoms. The molecule has 2 fully saturated rings. The number of fused-ring (bicyclic) bond motifs is 1. The average molecular weight is 451 g/mol. The van der Waals surface area contributed by atoms with Crippen molar-refractivity contribution < 1.29 is 28.5 Å². The summed E-state index contributed by atoms with van der Waals surface area (Å²) in [5.74, 6) is -0.779. The van der Waals surface area contributed by atoms with Crippen LogP contribution < -0.4 is 0 Å². The average Bonchev–Trinajstić information content (AvgIpc) is 3.16. The Morgan fingerprint density at radius 3 is 2.39 bits per heavy atom. The zero-order chi connectivity index (χ0) is 23.1. The molecule has 0 saturated carbocycles. The molecule has 2 saturated heterocycles. The molecule has 3 rings (SSSR count). The van der Waals surface area contributed by atoms with Gasteiger partial charge in [0.2, 0.25) is 0 Å². The van der Waals surface area contributed by atoms with Gasteiger partial charge in [0.15, 0.2) is 20.4 Å². The number of ether oxygens (including phenoxy) is 4. The topological polar surface area (TPSA) is 66.4 Å². The summed E-state index contributed by atoms with van der Waals surface area (Å²) in [7, 11) is -2.09. The fourth-order valence-corrected chi connectivity index (χ4v) is 4.63. The first-order valence-corrected chi connectivity index (χ1v) is 13.9. The van der Waals surface area contributed by atoms with Crippen LogP contribution in [0.4, 0.5) is 0 Å². The van der Waals surface area contributed by atoms with Gasteiger partial charge >= 0.3 is 0 Å². The zero-order valence-corrected chi connectivity index (χ0v) is 20.9. The lowest BCUT2D eigenvalue weighted by atomic mass is 9.92. The van der Waals surface area contributed by atoms with Crippen molar-refractivity contribution in [3.63, 3.8) is 0 Å². The SMILES string of the molecule is C=C[C@@](O)(CO[Si](C)(C)C(C)(C)C)[C@H]1O[C@@H]2OC(C)(C)O[C@@H]2[C@H]1OCc1ccccc1. The van der Waals surface area contributed by atoms with Crippen molar-refractivity contribution >= 4 is 8.32 Å². The molecule has 0 unspecified atom stereocenters. The van der Waals surface area contributed by atoms with Crippen LogP contribution in [0.25, 0.3) is 0 Å². The van der Waals surface area contributed by atoms with Crippen LogP contribution in [0.5, 0.6) is 0 Å². The molecule has 7 heteroatoms. The number of rotatable bonds is 8. The van der Waals surface area contributed by atoms with E-state index in [0.717, 1.165) is 5.56 Å². The number of hydrogen-bond acceptors (Lipinski definition) is 6. The van der Waals surface area contributed by atoms with Gasteiger partial charge in [0.25, 0.3) is 0 Å². The Morgan fingerprint density at radius 1 is 1.16 bits per heavy atom. The summed E-state index contributed by atoms with van der Waals surface area (Å²) in [6.45, 7) is 18.8. The Hall–Kier alpha value is -1.06. The second kappa shape index (κ2) is 8.70. The number of aliphatic hydroxyl groups is 1. The van der Waals surface area contributed by atoms with E-state index in [2.05, 4.69) is 40.4 Å². The molecule has 2 aliphatic heterocycles. The van der Waals surface area contributed by atoms with Crippen molar-refractivity contribution in [2.24, 2.45) is 0 Å². The highest BCUT2D eigenvalue weighted by Gasteiger charge is 2.60. The fraction of sp³-hybridized carbons (Fsp3) is 0.667. The lowest BCUT2D eigenvalue weighted by Crippen LogP contribution is -2.55. The van der Waals surface area contributed by atoms with E-state index >= 15 is 0 Å². The molecule has 1 N–H and O–H groups in total. The van der Waals surface area contributed by atoms with E-state index in [4.69, 9.17) is 23.4 Å². The smallest absolute Gasteiger partial charge is 0.192 e. The first-order chi connectivity index (χ1) is 14.3. The maximum atomic E-state index is 11.6. The Balaban J connectivity index is 1.80. The van der Waals surface area contributed by atoms with Gasteiger partial charge in [0.05, 0.1) is 13.2 Å². The van der Waals surface area contributed by atoms with Crippen molar-refractivity contribution in [1.82, 2.24) is 0 Å². The third kappa shape index (κ3) is 5.30. The van der Waals surface area contributed by atoms with E-state index in [-0.39, 0.29) is 11.6 Å². The number of hydrogen-bond donors (Lipinski definition) is 1. The minimum absolute atomic E-state index is 0.0155. The van der Waals surface area contributed by atoms with Crippen LogP contribution in [0.2, 0.25) is 18.1 Å². The first-order valence-electron chi connectivity index (χ1n) is 10.9. The van der Waals surface area contributed by atoms with Gasteiger partial charge in [-0.2, -0.15) is 0 Å². The predicted molar refractivity (Wildman–Crippen MR) is 122 cm³/mol. The molecule has 6 nitrogen and oxygen atoms in total. The highest BCUT2D eigenvalue weighted by molar-refractivity contribution is 6.74. The molecule has 0 amide bonds. The third-order valence-corrected chi connectivity index (χ3v) is 11.1. The minimum atomic E-state index is -2.09. The summed E-state index contributed by atoms with van der Waals surface area (Å²) in [4.78, 5) is 0. The third-order valence-electron chi connectivity index (χ3n) is 6.59. The van der Waals surface area contributed by atoms with Gasteiger partial charge in [-0.05, 0) is 37.5 Å². The molecule has 0 bridgehead atoms. The summed E-state index contributed by atoms with van der Waals surface area (Å²) in [6.07, 6.45) is -0.860. The van der Waals surface area contributed by atoms with E-state index in [1.807, 2.05) is 44.2 Å². The minimum Gasteiger partial charge on any atom is -0.413 e. The monoisotopic (exact) mass is 450 g/mol. The fourth-order valence-electron chi connectivity index (χ4n) is 3.60. The summed E-state index contributed by atoms with van der Waals surface area (Å²) in [6, 6.07) is 9.90. The molecule has 2 heterocycles. The lowest BCUT2D eigenvalue weighted by molar-refractivity contribution is -0.241. The van der Waals surface area contributed by atoms with E-state index < -0.39 is 44.3 Å². The maximum absolute atomic E-state index is 11.6. The van der Waals surface area contributed by atoms with Crippen molar-refractivity contribution in [3.05, 3.63) is 48.6 Å². The van der Waals surface area contributed by atoms with Crippen molar-refractivity contribution in [1.29, 1.82) is 0 Å². The predicted octanol–water partition coefficient (Wildman–Crippen LogP) is 4.39. The second-order valence-electron chi connectivity index (χ2n) is 10.5. The highest BCUT2D eigenvalue weighted by Crippen LogP contribution is 2.43. The summed E-state index contributed by atoms with van der Waals surface area (Å²) in [5, 5.41) is 11.6. The van der Waals surface area contributed by atoms with Crippen LogP contribution in [-0.2, 0) is 30.0 Å². The molecule has 5 atom stereocenters. The summed E-state index contributed by atoms with van der Waals surface area (Å²) >= 11 is 0. The highest BCUT2D eigenvalue weighted by atomic mass is 28.4. The van der Waals surface area contributed by atoms with Gasteiger partial charge in [0, 0.05) is 0 Å². The van der Waals surface area contributed by atoms with Gasteiger partial charge in [-0.15, -0.1) is 6.58 Å². The van der Waals surface area contributed by atoms with Crippen LogP contribution in [0, 0.1) is 0 Å². The molecule has 0 spiro atoms. The molecule has 2 aliphatic rings. The first kappa shape index (κ1) is 24.6. The molecular weight excluding hydrogens is 412 g/mol. The molecule has 174 valence electrons. The molecule has 0 aromatic heterocycles. The van der Waals surface area contributed by atoms with Crippen LogP contribution >= 0.6 is 0 Å². The largest absolute Gasteiger partial charge is 0.413 e. The Morgan fingerprint density at radius 2 is 1.81 bits per heavy atom. The molecule has 0 aliphatic carbocycles. The van der Waals surface area contributed by atoms with E-state index in [1.54, 1.807) is 0 Å². The Labute approximate surface area is 187 Å². The van der Waals surface area contributed by atoms with Gasteiger partial charge < -0.3 is 28.5 Å². The van der Waals surface area contributed by atoms with E-state index in [9.17, 15) is 5.11 Å². The number of benzene rings is 1. The molecule has 1 aromatic rings. The summed E-state index contributed by atoms with van der Waals surface area (Å²) < 4.78 is 30.8. The van der Waals surface area contributed by atoms with Crippen LogP contribution in [-0.4, -0.2) is 56.0 Å². The quantitative estimate of drug-likeness (QED) is 0.468. The lowest BCUT2D eigenvalue weighted by Gasteiger charge is -2.41. The van der Waals surface area contributed by atoms with Crippen LogP contribution in [0.1, 0.15) is 40.2 Å². The molecular formula is C24H38O6Si. The van der Waals surface area contributed by atoms with Gasteiger partial charge in [-0.1, -0.05) is 57.2 Å². The van der Waals surface area contributed by atoms with Crippen molar-refractivity contribution in [2.75, 3.05) is 6.61 Å². The normalized spacial score (nSPS) is 30.1. The zero-order valence-electron chi connectivity index (χ0n) is 19.9. The Bertz CT molecular complexity index is 759. The van der Waals surface area contributed by atoms with E-state index in [1.165, 1.54) is 6.08 Å². The standard InChI is InChI=1S/C24H38O6Si/c1-9-24(25,16-27-31(7,8)22(2,3)4)20-18(26-15-17-13-11-10-12-14-17)19-21(28-20)30-23(5,6)29-19/h9-14,18-21,25H,1,15-16H2,2-8H3/t18-,19-,20+,21-,24-/m1/s1. The molecule has 1 aromatic carbocycles. The van der Waals surface area contributed by atoms with Gasteiger partial charge in [0.1, 0.15) is 23.9 Å². The van der Waals surface area contributed by atoms with Gasteiger partial charge in [-0.3, -0.25) is 0 Å². The van der Waals surface area contributed by atoms with Crippen molar-refractivity contribution in [3.8, 4) is 0 Å². The second-order valence-corrected chi connectivity index (χ2v) is 15.3.